The van der Waals surface area contributed by atoms with E-state index in [1.165, 1.54) is 42.5 Å². The average molecular weight is 644 g/mol. The van der Waals surface area contributed by atoms with Crippen LogP contribution in [-0.4, -0.2) is 32.3 Å². The van der Waals surface area contributed by atoms with E-state index >= 15 is 0 Å². The first-order chi connectivity index (χ1) is 18.4. The third-order valence-electron chi connectivity index (χ3n) is 5.45. The molecule has 0 fully saturated rings. The summed E-state index contributed by atoms with van der Waals surface area (Å²) in [6, 6.07) is 16.6. The Morgan fingerprint density at radius 2 is 1.69 bits per heavy atom. The maximum absolute atomic E-state index is 13.9. The van der Waals surface area contributed by atoms with E-state index in [-0.39, 0.29) is 29.4 Å². The number of hydrogen-bond donors (Lipinski definition) is 0. The third kappa shape index (κ3) is 6.63. The van der Waals surface area contributed by atoms with Gasteiger partial charge in [-0.25, -0.2) is 22.5 Å². The highest BCUT2D eigenvalue weighted by atomic mass is 79.9. The molecule has 0 saturated carbocycles. The SMILES string of the molecule is CCOC(=O)c1ccc(S(=O)(=O)N(Cc2ccc(OC(F)(F)F)cc2)c2cc3c(Cl)cccc3c(Br)n2)cc1. The molecule has 0 bridgehead atoms. The van der Waals surface area contributed by atoms with Crippen LogP contribution in [-0.2, 0) is 21.3 Å². The van der Waals surface area contributed by atoms with Crippen molar-refractivity contribution in [3.05, 3.63) is 93.5 Å². The number of aromatic nitrogens is 1. The predicted molar refractivity (Wildman–Crippen MR) is 143 cm³/mol. The number of anilines is 1. The van der Waals surface area contributed by atoms with E-state index in [0.717, 1.165) is 16.4 Å². The Balaban J connectivity index is 1.79. The monoisotopic (exact) mass is 642 g/mol. The Kier molecular flexibility index (Phi) is 8.38. The minimum Gasteiger partial charge on any atom is -0.462 e. The van der Waals surface area contributed by atoms with Gasteiger partial charge in [-0.05, 0) is 76.9 Å². The van der Waals surface area contributed by atoms with Crippen LogP contribution in [0.4, 0.5) is 19.0 Å². The first-order valence-corrected chi connectivity index (χ1v) is 13.9. The van der Waals surface area contributed by atoms with E-state index in [1.54, 1.807) is 25.1 Å². The van der Waals surface area contributed by atoms with Crippen molar-refractivity contribution < 1.29 is 35.9 Å². The lowest BCUT2D eigenvalue weighted by Gasteiger charge is -2.25. The number of carbonyl (C=O) groups excluding carboxylic acids is 1. The van der Waals surface area contributed by atoms with Crippen LogP contribution >= 0.6 is 27.5 Å². The van der Waals surface area contributed by atoms with Gasteiger partial charge in [0.2, 0.25) is 0 Å². The zero-order chi connectivity index (χ0) is 28.4. The molecule has 0 unspecified atom stereocenters. The van der Waals surface area contributed by atoms with E-state index in [9.17, 15) is 26.4 Å². The summed E-state index contributed by atoms with van der Waals surface area (Å²) in [5, 5.41) is 1.54. The maximum atomic E-state index is 13.9. The van der Waals surface area contributed by atoms with E-state index in [2.05, 4.69) is 25.7 Å². The Bertz CT molecular complexity index is 1620. The van der Waals surface area contributed by atoms with Crippen molar-refractivity contribution >= 4 is 60.1 Å². The summed E-state index contributed by atoms with van der Waals surface area (Å²) >= 11 is 9.74. The van der Waals surface area contributed by atoms with Gasteiger partial charge < -0.3 is 9.47 Å². The van der Waals surface area contributed by atoms with Gasteiger partial charge in [-0.2, -0.15) is 0 Å². The number of fused-ring (bicyclic) bond motifs is 1. The molecule has 0 atom stereocenters. The van der Waals surface area contributed by atoms with E-state index < -0.39 is 28.1 Å². The molecule has 0 radical (unpaired) electrons. The second-order valence-electron chi connectivity index (χ2n) is 8.05. The minimum absolute atomic E-state index is 0.00700. The number of ether oxygens (including phenoxy) is 2. The molecule has 13 heteroatoms. The van der Waals surface area contributed by atoms with Gasteiger partial charge in [0.25, 0.3) is 10.0 Å². The zero-order valence-corrected chi connectivity index (χ0v) is 23.2. The largest absolute Gasteiger partial charge is 0.573 e. The van der Waals surface area contributed by atoms with Crippen LogP contribution in [0.1, 0.15) is 22.8 Å². The molecule has 0 aliphatic heterocycles. The number of halogens is 5. The standard InChI is InChI=1S/C26H19BrClF3N2O5S/c1-2-37-25(34)17-8-12-19(13-9-17)39(35,36)33(15-16-6-10-18(11-7-16)38-26(29,30)31)23-14-21-20(24(27)32-23)4-3-5-22(21)28/h3-14H,2,15H2,1H3. The fourth-order valence-electron chi connectivity index (χ4n) is 3.67. The van der Waals surface area contributed by atoms with Crippen LogP contribution in [0.2, 0.25) is 5.02 Å². The number of pyridine rings is 1. The van der Waals surface area contributed by atoms with Crippen molar-refractivity contribution in [2.24, 2.45) is 0 Å². The van der Waals surface area contributed by atoms with E-state index in [1.807, 2.05) is 0 Å². The smallest absolute Gasteiger partial charge is 0.462 e. The molecule has 0 aliphatic carbocycles. The molecular formula is C26H19BrClF3N2O5S. The second-order valence-corrected chi connectivity index (χ2v) is 11.1. The molecule has 0 N–H and O–H groups in total. The van der Waals surface area contributed by atoms with Crippen LogP contribution in [0.25, 0.3) is 10.8 Å². The van der Waals surface area contributed by atoms with Gasteiger partial charge in [0.15, 0.2) is 0 Å². The predicted octanol–water partition coefficient (Wildman–Crippen LogP) is 7.12. The number of sulfonamides is 1. The van der Waals surface area contributed by atoms with Crippen molar-refractivity contribution in [1.82, 2.24) is 4.98 Å². The molecule has 0 saturated heterocycles. The van der Waals surface area contributed by atoms with Crippen molar-refractivity contribution in [2.75, 3.05) is 10.9 Å². The number of benzene rings is 3. The first kappa shape index (κ1) is 28.7. The van der Waals surface area contributed by atoms with Crippen molar-refractivity contribution in [1.29, 1.82) is 0 Å². The topological polar surface area (TPSA) is 85.8 Å². The van der Waals surface area contributed by atoms with Crippen molar-refractivity contribution in [2.45, 2.75) is 24.7 Å². The van der Waals surface area contributed by atoms with Crippen LogP contribution in [0.15, 0.2) is 82.3 Å². The lowest BCUT2D eigenvalue weighted by atomic mass is 10.1. The number of rotatable bonds is 8. The Morgan fingerprint density at radius 1 is 1.03 bits per heavy atom. The van der Waals surface area contributed by atoms with Crippen LogP contribution < -0.4 is 9.04 Å². The van der Waals surface area contributed by atoms with Crippen molar-refractivity contribution in [3.63, 3.8) is 0 Å². The molecule has 204 valence electrons. The molecule has 1 heterocycles. The van der Waals surface area contributed by atoms with Gasteiger partial charge in [-0.3, -0.25) is 0 Å². The van der Waals surface area contributed by atoms with Crippen LogP contribution in [0.5, 0.6) is 5.75 Å². The number of alkyl halides is 3. The van der Waals surface area contributed by atoms with Gasteiger partial charge in [0.05, 0.1) is 23.6 Å². The second kappa shape index (κ2) is 11.4. The normalized spacial score (nSPS) is 11.8. The van der Waals surface area contributed by atoms with E-state index in [4.69, 9.17) is 16.3 Å². The molecule has 1 aromatic heterocycles. The molecule has 0 aliphatic rings. The zero-order valence-electron chi connectivity index (χ0n) is 20.1. The molecule has 0 spiro atoms. The number of esters is 1. The fourth-order valence-corrected chi connectivity index (χ4v) is 5.82. The summed E-state index contributed by atoms with van der Waals surface area (Å²) in [7, 11) is -4.30. The Hall–Kier alpha value is -3.35. The summed E-state index contributed by atoms with van der Waals surface area (Å²) in [5.74, 6) is -1.05. The highest BCUT2D eigenvalue weighted by Gasteiger charge is 2.31. The van der Waals surface area contributed by atoms with Crippen LogP contribution in [0.3, 0.4) is 0 Å². The molecule has 39 heavy (non-hydrogen) atoms. The lowest BCUT2D eigenvalue weighted by Crippen LogP contribution is -2.31. The summed E-state index contributed by atoms with van der Waals surface area (Å²) < 4.78 is 75.7. The average Bonchev–Trinajstić information content (AvgIpc) is 2.88. The molecule has 7 nitrogen and oxygen atoms in total. The third-order valence-corrected chi connectivity index (χ3v) is 8.15. The number of nitrogens with zero attached hydrogens (tertiary/aromatic N) is 2. The minimum atomic E-state index is -4.87. The fraction of sp³-hybridized carbons (Fsp3) is 0.154. The van der Waals surface area contributed by atoms with Crippen molar-refractivity contribution in [3.8, 4) is 5.75 Å². The molecule has 4 rings (SSSR count). The van der Waals surface area contributed by atoms with Gasteiger partial charge in [-0.1, -0.05) is 35.9 Å². The van der Waals surface area contributed by atoms with Gasteiger partial charge >= 0.3 is 12.3 Å². The summed E-state index contributed by atoms with van der Waals surface area (Å²) in [6.07, 6.45) is -4.87. The number of carbonyl (C=O) groups is 1. The summed E-state index contributed by atoms with van der Waals surface area (Å²) in [6.45, 7) is 1.52. The van der Waals surface area contributed by atoms with Gasteiger partial charge in [0.1, 0.15) is 16.2 Å². The quantitative estimate of drug-likeness (QED) is 0.150. The van der Waals surface area contributed by atoms with Gasteiger partial charge in [-0.15, -0.1) is 13.2 Å². The molecule has 3 aromatic carbocycles. The highest BCUT2D eigenvalue weighted by molar-refractivity contribution is 9.10. The Labute approximate surface area is 235 Å². The van der Waals surface area contributed by atoms with Gasteiger partial charge in [0, 0.05) is 15.8 Å². The van der Waals surface area contributed by atoms with Crippen LogP contribution in [0, 0.1) is 0 Å². The Morgan fingerprint density at radius 3 is 2.31 bits per heavy atom. The highest BCUT2D eigenvalue weighted by Crippen LogP contribution is 2.34. The number of hydrogen-bond acceptors (Lipinski definition) is 6. The summed E-state index contributed by atoms with van der Waals surface area (Å²) in [5.41, 5.74) is 0.523. The first-order valence-electron chi connectivity index (χ1n) is 11.3. The molecule has 0 amide bonds. The molecule has 4 aromatic rings. The maximum Gasteiger partial charge on any atom is 0.573 e. The van der Waals surface area contributed by atoms with E-state index in [0.29, 0.717) is 26.0 Å². The molecular weight excluding hydrogens is 625 g/mol. The summed E-state index contributed by atoms with van der Waals surface area (Å²) in [4.78, 5) is 16.3. The lowest BCUT2D eigenvalue weighted by molar-refractivity contribution is -0.274.